The molecule has 84 valence electrons. The Hall–Kier alpha value is -0.870. The summed E-state index contributed by atoms with van der Waals surface area (Å²) in [5.41, 5.74) is 1.02. The highest BCUT2D eigenvalue weighted by molar-refractivity contribution is 4.94. The first kappa shape index (κ1) is 10.6. The average Bonchev–Trinajstić information content (AvgIpc) is 2.71. The second-order valence-corrected chi connectivity index (χ2v) is 4.40. The molecule has 4 nitrogen and oxygen atoms in total. The highest BCUT2D eigenvalue weighted by Crippen LogP contribution is 2.12. The van der Waals surface area contributed by atoms with Crippen LogP contribution in [0.15, 0.2) is 16.9 Å². The summed E-state index contributed by atoms with van der Waals surface area (Å²) in [6.07, 6.45) is 4.28. The fourth-order valence-corrected chi connectivity index (χ4v) is 2.18. The van der Waals surface area contributed by atoms with Gasteiger partial charge in [0, 0.05) is 19.2 Å². The van der Waals surface area contributed by atoms with Crippen molar-refractivity contribution in [3.63, 3.8) is 0 Å². The van der Waals surface area contributed by atoms with E-state index in [1.165, 1.54) is 19.4 Å². The molecule has 1 aliphatic heterocycles. The molecule has 15 heavy (non-hydrogen) atoms. The summed E-state index contributed by atoms with van der Waals surface area (Å²) in [5.74, 6) is 0.788. The predicted molar refractivity (Wildman–Crippen MR) is 58.4 cm³/mol. The zero-order chi connectivity index (χ0) is 10.5. The second kappa shape index (κ2) is 5.28. The molecule has 0 aliphatic carbocycles. The van der Waals surface area contributed by atoms with Gasteiger partial charge in [0.1, 0.15) is 6.26 Å². The summed E-state index contributed by atoms with van der Waals surface area (Å²) in [5, 5.41) is 7.36. The first-order chi connectivity index (χ1) is 7.34. The zero-order valence-electron chi connectivity index (χ0n) is 9.28. The molecule has 0 amide bonds. The van der Waals surface area contributed by atoms with Crippen molar-refractivity contribution in [3.8, 4) is 0 Å². The van der Waals surface area contributed by atoms with Gasteiger partial charge in [-0.25, -0.2) is 0 Å². The molecular formula is C11H19N3O. The van der Waals surface area contributed by atoms with Crippen LogP contribution in [0.4, 0.5) is 0 Å². The van der Waals surface area contributed by atoms with Gasteiger partial charge >= 0.3 is 0 Å². The smallest absolute Gasteiger partial charge is 0.124 e. The molecule has 1 aliphatic rings. The van der Waals surface area contributed by atoms with E-state index < -0.39 is 0 Å². The third-order valence-corrected chi connectivity index (χ3v) is 2.89. The van der Waals surface area contributed by atoms with Crippen LogP contribution in [0, 0.1) is 5.92 Å². The molecule has 1 unspecified atom stereocenters. The van der Waals surface area contributed by atoms with Crippen LogP contribution in [0.1, 0.15) is 18.5 Å². The normalized spacial score (nSPS) is 22.1. The number of nitrogens with one attached hydrogen (secondary N) is 1. The van der Waals surface area contributed by atoms with Crippen LogP contribution in [0.5, 0.6) is 0 Å². The van der Waals surface area contributed by atoms with Crippen molar-refractivity contribution in [1.29, 1.82) is 0 Å². The van der Waals surface area contributed by atoms with Crippen LogP contribution in [0.25, 0.3) is 0 Å². The van der Waals surface area contributed by atoms with E-state index in [0.29, 0.717) is 0 Å². The van der Waals surface area contributed by atoms with Crippen LogP contribution in [-0.2, 0) is 6.54 Å². The molecule has 0 bridgehead atoms. The molecule has 0 spiro atoms. The van der Waals surface area contributed by atoms with Gasteiger partial charge in [0.25, 0.3) is 0 Å². The Kier molecular flexibility index (Phi) is 3.75. The number of hydrogen-bond acceptors (Lipinski definition) is 4. The van der Waals surface area contributed by atoms with Crippen LogP contribution in [0.2, 0.25) is 0 Å². The summed E-state index contributed by atoms with van der Waals surface area (Å²) >= 11 is 0. The minimum Gasteiger partial charge on any atom is -0.364 e. The highest BCUT2D eigenvalue weighted by Gasteiger charge is 2.15. The summed E-state index contributed by atoms with van der Waals surface area (Å²) < 4.78 is 4.82. The second-order valence-electron chi connectivity index (χ2n) is 4.40. The molecule has 0 aromatic carbocycles. The maximum Gasteiger partial charge on any atom is 0.124 e. The van der Waals surface area contributed by atoms with E-state index in [0.717, 1.165) is 31.2 Å². The van der Waals surface area contributed by atoms with Crippen molar-refractivity contribution < 1.29 is 4.52 Å². The number of hydrogen-bond donors (Lipinski definition) is 1. The van der Waals surface area contributed by atoms with Crippen molar-refractivity contribution in [3.05, 3.63) is 18.0 Å². The SMILES string of the molecule is CN(Cc1ccon1)CC1CCCNC1. The Morgan fingerprint density at radius 2 is 2.60 bits per heavy atom. The number of rotatable bonds is 4. The van der Waals surface area contributed by atoms with Crippen molar-refractivity contribution in [1.82, 2.24) is 15.4 Å². The van der Waals surface area contributed by atoms with Crippen LogP contribution < -0.4 is 5.32 Å². The van der Waals surface area contributed by atoms with E-state index in [1.807, 2.05) is 6.07 Å². The number of nitrogens with zero attached hydrogens (tertiary/aromatic N) is 2. The Morgan fingerprint density at radius 3 is 3.27 bits per heavy atom. The molecule has 1 N–H and O–H groups in total. The van der Waals surface area contributed by atoms with Gasteiger partial charge < -0.3 is 14.7 Å². The molecule has 1 aromatic rings. The fourth-order valence-electron chi connectivity index (χ4n) is 2.18. The first-order valence-corrected chi connectivity index (χ1v) is 5.63. The Bertz CT molecular complexity index is 267. The van der Waals surface area contributed by atoms with E-state index in [2.05, 4.69) is 22.4 Å². The molecule has 4 heteroatoms. The van der Waals surface area contributed by atoms with E-state index >= 15 is 0 Å². The van der Waals surface area contributed by atoms with Crippen LogP contribution in [-0.4, -0.2) is 36.7 Å². The van der Waals surface area contributed by atoms with Crippen molar-refractivity contribution in [2.45, 2.75) is 19.4 Å². The lowest BCUT2D eigenvalue weighted by Crippen LogP contribution is -2.36. The van der Waals surface area contributed by atoms with Crippen molar-refractivity contribution in [2.75, 3.05) is 26.7 Å². The monoisotopic (exact) mass is 209 g/mol. The molecular weight excluding hydrogens is 190 g/mol. The molecule has 2 rings (SSSR count). The predicted octanol–water partition coefficient (Wildman–Crippen LogP) is 1.11. The van der Waals surface area contributed by atoms with Gasteiger partial charge in [-0.2, -0.15) is 0 Å². The van der Waals surface area contributed by atoms with Gasteiger partial charge in [0.2, 0.25) is 0 Å². The topological polar surface area (TPSA) is 41.3 Å². The van der Waals surface area contributed by atoms with Crippen molar-refractivity contribution >= 4 is 0 Å². The Morgan fingerprint density at radius 1 is 1.67 bits per heavy atom. The third kappa shape index (κ3) is 3.32. The summed E-state index contributed by atoms with van der Waals surface area (Å²) in [6, 6.07) is 1.93. The molecule has 1 saturated heterocycles. The minimum atomic E-state index is 0.788. The molecule has 2 heterocycles. The fraction of sp³-hybridized carbons (Fsp3) is 0.727. The lowest BCUT2D eigenvalue weighted by Gasteiger charge is -2.27. The minimum absolute atomic E-state index is 0.788. The van der Waals surface area contributed by atoms with E-state index in [4.69, 9.17) is 4.52 Å². The third-order valence-electron chi connectivity index (χ3n) is 2.89. The standard InChI is InChI=1S/C11H19N3O/c1-14(9-11-4-6-15-13-11)8-10-3-2-5-12-7-10/h4,6,10,12H,2-3,5,7-9H2,1H3. The molecule has 0 radical (unpaired) electrons. The average molecular weight is 209 g/mol. The first-order valence-electron chi connectivity index (χ1n) is 5.63. The van der Waals surface area contributed by atoms with Gasteiger partial charge in [0.05, 0.1) is 5.69 Å². The molecule has 1 atom stereocenters. The van der Waals surface area contributed by atoms with Gasteiger partial charge in [-0.3, -0.25) is 0 Å². The van der Waals surface area contributed by atoms with E-state index in [9.17, 15) is 0 Å². The van der Waals surface area contributed by atoms with Gasteiger partial charge in [-0.15, -0.1) is 0 Å². The lowest BCUT2D eigenvalue weighted by molar-refractivity contribution is 0.232. The van der Waals surface area contributed by atoms with Crippen LogP contribution in [0.3, 0.4) is 0 Å². The number of aromatic nitrogens is 1. The summed E-state index contributed by atoms with van der Waals surface area (Å²) in [6.45, 7) is 4.36. The van der Waals surface area contributed by atoms with Crippen molar-refractivity contribution in [2.24, 2.45) is 5.92 Å². The van der Waals surface area contributed by atoms with Gasteiger partial charge in [-0.05, 0) is 38.9 Å². The van der Waals surface area contributed by atoms with Gasteiger partial charge in [-0.1, -0.05) is 5.16 Å². The Balaban J connectivity index is 1.74. The molecule has 1 aromatic heterocycles. The van der Waals surface area contributed by atoms with Gasteiger partial charge in [0.15, 0.2) is 0 Å². The maximum atomic E-state index is 4.82. The lowest BCUT2D eigenvalue weighted by atomic mass is 9.99. The van der Waals surface area contributed by atoms with E-state index in [-0.39, 0.29) is 0 Å². The number of piperidine rings is 1. The summed E-state index contributed by atoms with van der Waals surface area (Å²) in [4.78, 5) is 2.32. The molecule has 1 fully saturated rings. The molecule has 0 saturated carbocycles. The zero-order valence-corrected chi connectivity index (χ0v) is 9.28. The van der Waals surface area contributed by atoms with Crippen LogP contribution >= 0.6 is 0 Å². The maximum absolute atomic E-state index is 4.82. The highest BCUT2D eigenvalue weighted by atomic mass is 16.5. The van der Waals surface area contributed by atoms with E-state index in [1.54, 1.807) is 6.26 Å². The quantitative estimate of drug-likeness (QED) is 0.806. The largest absolute Gasteiger partial charge is 0.364 e. The Labute approximate surface area is 90.6 Å². The summed E-state index contributed by atoms with van der Waals surface area (Å²) in [7, 11) is 2.14.